The van der Waals surface area contributed by atoms with Crippen LogP contribution < -0.4 is 0 Å². The first-order valence-electron chi connectivity index (χ1n) is 9.50. The standard InChI is InChI=1S/C20H26N4O4/c1-20(2,3)28-19(27)24-12-16(13-24)23-8-6-14(7-9-23)4-5-17-21-10-15(11-22-17)18(25)26/h10-11,14,16H,6-9,12-13H2,1-3H3,(H,25,26). The Kier molecular flexibility index (Phi) is 5.84. The number of piperidine rings is 1. The van der Waals surface area contributed by atoms with Crippen molar-refractivity contribution in [3.8, 4) is 11.8 Å². The van der Waals surface area contributed by atoms with E-state index in [-0.39, 0.29) is 17.6 Å². The zero-order valence-electron chi connectivity index (χ0n) is 16.5. The molecular formula is C20H26N4O4. The number of rotatable bonds is 2. The van der Waals surface area contributed by atoms with E-state index in [4.69, 9.17) is 9.84 Å². The van der Waals surface area contributed by atoms with Gasteiger partial charge in [0.25, 0.3) is 0 Å². The second-order valence-electron chi connectivity index (χ2n) is 8.22. The first-order chi connectivity index (χ1) is 13.2. The fraction of sp³-hybridized carbons (Fsp3) is 0.600. The minimum absolute atomic E-state index is 0.0554. The van der Waals surface area contributed by atoms with Crippen LogP contribution in [0.3, 0.4) is 0 Å². The lowest BCUT2D eigenvalue weighted by molar-refractivity contribution is -0.0201. The maximum absolute atomic E-state index is 12.0. The molecule has 0 saturated carbocycles. The van der Waals surface area contributed by atoms with Crippen LogP contribution >= 0.6 is 0 Å². The Labute approximate surface area is 164 Å². The van der Waals surface area contributed by atoms with Gasteiger partial charge in [-0.3, -0.25) is 4.90 Å². The third kappa shape index (κ3) is 5.20. The molecule has 2 aliphatic rings. The molecule has 0 unspecified atom stereocenters. The fourth-order valence-electron chi connectivity index (χ4n) is 3.24. The summed E-state index contributed by atoms with van der Waals surface area (Å²) in [4.78, 5) is 34.9. The van der Waals surface area contributed by atoms with Crippen LogP contribution in [0.5, 0.6) is 0 Å². The number of carbonyl (C=O) groups excluding carboxylic acids is 1. The molecule has 3 heterocycles. The molecule has 28 heavy (non-hydrogen) atoms. The monoisotopic (exact) mass is 386 g/mol. The van der Waals surface area contributed by atoms with Crippen molar-refractivity contribution >= 4 is 12.1 Å². The van der Waals surface area contributed by atoms with Gasteiger partial charge < -0.3 is 14.7 Å². The van der Waals surface area contributed by atoms with E-state index >= 15 is 0 Å². The Bertz CT molecular complexity index is 777. The summed E-state index contributed by atoms with van der Waals surface area (Å²) in [6.07, 6.45) is 4.23. The molecule has 2 saturated heterocycles. The first kappa shape index (κ1) is 20.1. The summed E-state index contributed by atoms with van der Waals surface area (Å²) in [6.45, 7) is 8.96. The molecule has 0 aliphatic carbocycles. The highest BCUT2D eigenvalue weighted by atomic mass is 16.6. The summed E-state index contributed by atoms with van der Waals surface area (Å²) in [5, 5.41) is 8.85. The minimum atomic E-state index is -1.05. The van der Waals surface area contributed by atoms with E-state index in [0.717, 1.165) is 39.0 Å². The van der Waals surface area contributed by atoms with E-state index in [1.807, 2.05) is 20.8 Å². The molecule has 0 aromatic carbocycles. The molecule has 0 spiro atoms. The number of hydrogen-bond acceptors (Lipinski definition) is 6. The lowest BCUT2D eigenvalue weighted by atomic mass is 9.94. The molecule has 2 fully saturated rings. The summed E-state index contributed by atoms with van der Waals surface area (Å²) >= 11 is 0. The molecule has 3 rings (SSSR count). The molecule has 8 nitrogen and oxygen atoms in total. The van der Waals surface area contributed by atoms with Gasteiger partial charge in [-0.15, -0.1) is 0 Å². The molecule has 0 bridgehead atoms. The number of aromatic carboxylic acids is 1. The van der Waals surface area contributed by atoms with Gasteiger partial charge in [-0.2, -0.15) is 0 Å². The predicted molar refractivity (Wildman–Crippen MR) is 102 cm³/mol. The molecule has 150 valence electrons. The van der Waals surface area contributed by atoms with Gasteiger partial charge in [-0.25, -0.2) is 19.6 Å². The van der Waals surface area contributed by atoms with Crippen LogP contribution in [0.25, 0.3) is 0 Å². The zero-order valence-corrected chi connectivity index (χ0v) is 16.5. The van der Waals surface area contributed by atoms with Crippen molar-refractivity contribution in [1.29, 1.82) is 0 Å². The Morgan fingerprint density at radius 2 is 1.79 bits per heavy atom. The number of likely N-dealkylation sites (tertiary alicyclic amines) is 2. The third-order valence-electron chi connectivity index (χ3n) is 4.85. The van der Waals surface area contributed by atoms with Crippen molar-refractivity contribution in [1.82, 2.24) is 19.8 Å². The number of carboxylic acids is 1. The molecule has 2 aliphatic heterocycles. The number of carbonyl (C=O) groups is 2. The molecule has 1 aromatic heterocycles. The quantitative estimate of drug-likeness (QED) is 0.775. The van der Waals surface area contributed by atoms with Crippen molar-refractivity contribution in [3.63, 3.8) is 0 Å². The van der Waals surface area contributed by atoms with E-state index in [1.54, 1.807) is 4.90 Å². The van der Waals surface area contributed by atoms with Gasteiger partial charge in [-0.1, -0.05) is 5.92 Å². The number of carboxylic acid groups (broad SMARTS) is 1. The number of aromatic nitrogens is 2. The van der Waals surface area contributed by atoms with Gasteiger partial charge in [0.2, 0.25) is 5.82 Å². The van der Waals surface area contributed by atoms with E-state index in [2.05, 4.69) is 26.7 Å². The van der Waals surface area contributed by atoms with Gasteiger partial charge in [0, 0.05) is 37.4 Å². The van der Waals surface area contributed by atoms with E-state index in [1.165, 1.54) is 12.4 Å². The SMILES string of the molecule is CC(C)(C)OC(=O)N1CC(N2CCC(C#Cc3ncc(C(=O)O)cn3)CC2)C1. The summed E-state index contributed by atoms with van der Waals surface area (Å²) in [7, 11) is 0. The Hall–Kier alpha value is -2.66. The lowest BCUT2D eigenvalue weighted by Crippen LogP contribution is -2.62. The van der Waals surface area contributed by atoms with E-state index in [0.29, 0.717) is 11.9 Å². The first-order valence-corrected chi connectivity index (χ1v) is 9.50. The molecule has 8 heteroatoms. The average molecular weight is 386 g/mol. The maximum Gasteiger partial charge on any atom is 0.410 e. The van der Waals surface area contributed by atoms with Crippen molar-refractivity contribution in [2.75, 3.05) is 26.2 Å². The van der Waals surface area contributed by atoms with Gasteiger partial charge in [0.1, 0.15) is 5.60 Å². The normalized spacial score (nSPS) is 18.8. The number of hydrogen-bond donors (Lipinski definition) is 1. The summed E-state index contributed by atoms with van der Waals surface area (Å²) in [6, 6.07) is 0.397. The second-order valence-corrected chi connectivity index (χ2v) is 8.22. The molecule has 1 amide bonds. The number of ether oxygens (including phenoxy) is 1. The average Bonchev–Trinajstić information content (AvgIpc) is 2.58. The van der Waals surface area contributed by atoms with Gasteiger partial charge >= 0.3 is 12.1 Å². The maximum atomic E-state index is 12.0. The van der Waals surface area contributed by atoms with Gasteiger partial charge in [-0.05, 0) is 52.6 Å². The van der Waals surface area contributed by atoms with Crippen molar-refractivity contribution in [2.45, 2.75) is 45.3 Å². The largest absolute Gasteiger partial charge is 0.478 e. The lowest BCUT2D eigenvalue weighted by Gasteiger charge is -2.47. The number of amides is 1. The van der Waals surface area contributed by atoms with Crippen LogP contribution in [0.4, 0.5) is 4.79 Å². The molecule has 0 atom stereocenters. The Balaban J connectivity index is 1.42. The highest BCUT2D eigenvalue weighted by molar-refractivity contribution is 5.86. The Morgan fingerprint density at radius 1 is 1.18 bits per heavy atom. The fourth-order valence-corrected chi connectivity index (χ4v) is 3.24. The topological polar surface area (TPSA) is 95.9 Å². The van der Waals surface area contributed by atoms with Crippen LogP contribution in [0.15, 0.2) is 12.4 Å². The minimum Gasteiger partial charge on any atom is -0.478 e. The zero-order chi connectivity index (χ0) is 20.3. The van der Waals surface area contributed by atoms with Crippen molar-refractivity contribution < 1.29 is 19.4 Å². The second kappa shape index (κ2) is 8.15. The van der Waals surface area contributed by atoms with Gasteiger partial charge in [0.15, 0.2) is 0 Å². The highest BCUT2D eigenvalue weighted by Gasteiger charge is 2.38. The van der Waals surface area contributed by atoms with Crippen LogP contribution in [0, 0.1) is 17.8 Å². The van der Waals surface area contributed by atoms with Crippen LogP contribution in [-0.4, -0.2) is 74.8 Å². The van der Waals surface area contributed by atoms with Crippen molar-refractivity contribution in [2.24, 2.45) is 5.92 Å². The molecule has 0 radical (unpaired) electrons. The molecule has 1 aromatic rings. The van der Waals surface area contributed by atoms with Crippen LogP contribution in [-0.2, 0) is 4.74 Å². The molecule has 1 N–H and O–H groups in total. The summed E-state index contributed by atoms with van der Waals surface area (Å²) in [5.74, 6) is 5.72. The number of nitrogens with zero attached hydrogens (tertiary/aromatic N) is 4. The highest BCUT2D eigenvalue weighted by Crippen LogP contribution is 2.24. The van der Waals surface area contributed by atoms with E-state index < -0.39 is 11.6 Å². The third-order valence-corrected chi connectivity index (χ3v) is 4.85. The summed E-state index contributed by atoms with van der Waals surface area (Å²) < 4.78 is 5.39. The molecular weight excluding hydrogens is 360 g/mol. The summed E-state index contributed by atoms with van der Waals surface area (Å²) in [5.41, 5.74) is -0.406. The van der Waals surface area contributed by atoms with Crippen LogP contribution in [0.2, 0.25) is 0 Å². The van der Waals surface area contributed by atoms with Crippen molar-refractivity contribution in [3.05, 3.63) is 23.8 Å². The van der Waals surface area contributed by atoms with Gasteiger partial charge in [0.05, 0.1) is 5.56 Å². The smallest absolute Gasteiger partial charge is 0.410 e. The predicted octanol–water partition coefficient (Wildman–Crippen LogP) is 1.86. The van der Waals surface area contributed by atoms with Crippen LogP contribution in [0.1, 0.15) is 49.8 Å². The van der Waals surface area contributed by atoms with E-state index in [9.17, 15) is 9.59 Å². The Morgan fingerprint density at radius 3 is 2.32 bits per heavy atom.